The first kappa shape index (κ1) is 21.3. The van der Waals surface area contributed by atoms with E-state index in [4.69, 9.17) is 0 Å². The molecule has 0 saturated carbocycles. The monoisotopic (exact) mass is 417 g/mol. The number of hydrogen-bond donors (Lipinski definition) is 1. The number of hydrogen-bond acceptors (Lipinski definition) is 4. The molecule has 29 heavy (non-hydrogen) atoms. The van der Waals surface area contributed by atoms with Gasteiger partial charge in [-0.05, 0) is 24.5 Å². The van der Waals surface area contributed by atoms with Gasteiger partial charge in [0.1, 0.15) is 5.82 Å². The SMILES string of the molecule is BC(F)(F)CC1CC(=O)N(Cc2c(C(F)(F)F)nc3ccc(NCCC)nn23)C1. The first-order valence-electron chi connectivity index (χ1n) is 9.33. The number of nitrogens with zero attached hydrogens (tertiary/aromatic N) is 4. The average Bonchev–Trinajstić information content (AvgIpc) is 3.12. The molecule has 6 nitrogen and oxygen atoms in total. The van der Waals surface area contributed by atoms with Crippen molar-refractivity contribution in [3.8, 4) is 0 Å². The minimum absolute atomic E-state index is 0.00217. The highest BCUT2D eigenvalue weighted by molar-refractivity contribution is 6.13. The van der Waals surface area contributed by atoms with Crippen LogP contribution in [0.3, 0.4) is 0 Å². The van der Waals surface area contributed by atoms with E-state index in [1.807, 2.05) is 6.92 Å². The van der Waals surface area contributed by atoms with E-state index in [1.165, 1.54) is 17.0 Å². The van der Waals surface area contributed by atoms with Gasteiger partial charge in [0.25, 0.3) is 0 Å². The van der Waals surface area contributed by atoms with Crippen molar-refractivity contribution in [1.29, 1.82) is 0 Å². The number of anilines is 1. The second kappa shape index (κ2) is 7.79. The highest BCUT2D eigenvalue weighted by Gasteiger charge is 2.41. The number of carbonyl (C=O) groups excluding carboxylic acids is 1. The Morgan fingerprint density at radius 1 is 1.28 bits per heavy atom. The summed E-state index contributed by atoms with van der Waals surface area (Å²) in [6.07, 6.45) is -4.54. The highest BCUT2D eigenvalue weighted by atomic mass is 19.4. The molecule has 158 valence electrons. The molecule has 1 saturated heterocycles. The predicted molar refractivity (Wildman–Crippen MR) is 98.4 cm³/mol. The van der Waals surface area contributed by atoms with Gasteiger partial charge in [-0.15, -0.1) is 5.10 Å². The molecule has 1 aliphatic rings. The quantitative estimate of drug-likeness (QED) is 0.556. The summed E-state index contributed by atoms with van der Waals surface area (Å²) in [4.78, 5) is 17.0. The first-order chi connectivity index (χ1) is 13.5. The number of fused-ring (bicyclic) bond motifs is 1. The lowest BCUT2D eigenvalue weighted by Crippen LogP contribution is -2.28. The lowest BCUT2D eigenvalue weighted by Gasteiger charge is -2.19. The normalized spacial score (nSPS) is 18.1. The van der Waals surface area contributed by atoms with Crippen molar-refractivity contribution in [2.75, 3.05) is 18.4 Å². The fraction of sp³-hybridized carbons (Fsp3) is 0.588. The van der Waals surface area contributed by atoms with Crippen LogP contribution in [0.25, 0.3) is 5.65 Å². The molecule has 1 amide bonds. The van der Waals surface area contributed by atoms with Crippen LogP contribution in [0.15, 0.2) is 12.1 Å². The van der Waals surface area contributed by atoms with Crippen molar-refractivity contribution in [1.82, 2.24) is 19.5 Å². The number of halogens is 5. The van der Waals surface area contributed by atoms with E-state index in [9.17, 15) is 26.7 Å². The van der Waals surface area contributed by atoms with Gasteiger partial charge in [0.15, 0.2) is 19.2 Å². The van der Waals surface area contributed by atoms with E-state index in [0.29, 0.717) is 12.4 Å². The maximum Gasteiger partial charge on any atom is 0.435 e. The molecule has 1 unspecified atom stereocenters. The molecular weight excluding hydrogens is 396 g/mol. The molecule has 0 spiro atoms. The van der Waals surface area contributed by atoms with Crippen LogP contribution < -0.4 is 5.32 Å². The zero-order valence-corrected chi connectivity index (χ0v) is 16.1. The second-order valence-corrected chi connectivity index (χ2v) is 7.44. The molecule has 1 atom stereocenters. The van der Waals surface area contributed by atoms with Gasteiger partial charge in [-0.1, -0.05) is 6.92 Å². The molecule has 0 bridgehead atoms. The second-order valence-electron chi connectivity index (χ2n) is 7.44. The van der Waals surface area contributed by atoms with E-state index >= 15 is 0 Å². The van der Waals surface area contributed by atoms with Crippen LogP contribution in [-0.4, -0.2) is 52.2 Å². The third-order valence-corrected chi connectivity index (χ3v) is 4.68. The Morgan fingerprint density at radius 2 is 2.00 bits per heavy atom. The predicted octanol–water partition coefficient (Wildman–Crippen LogP) is 2.53. The molecule has 2 aromatic heterocycles. The number of imidazole rings is 1. The summed E-state index contributed by atoms with van der Waals surface area (Å²) in [5, 5.41) is 7.17. The number of likely N-dealkylation sites (tertiary alicyclic amines) is 1. The number of carbonyl (C=O) groups is 1. The van der Waals surface area contributed by atoms with E-state index in [2.05, 4.69) is 15.4 Å². The van der Waals surface area contributed by atoms with Crippen LogP contribution >= 0.6 is 0 Å². The lowest BCUT2D eigenvalue weighted by molar-refractivity contribution is -0.142. The van der Waals surface area contributed by atoms with Crippen molar-refractivity contribution in [2.45, 2.75) is 44.7 Å². The van der Waals surface area contributed by atoms with E-state index < -0.39 is 42.5 Å². The third-order valence-electron chi connectivity index (χ3n) is 4.68. The van der Waals surface area contributed by atoms with E-state index in [0.717, 1.165) is 18.8 Å². The van der Waals surface area contributed by atoms with Crippen molar-refractivity contribution in [3.05, 3.63) is 23.5 Å². The van der Waals surface area contributed by atoms with Gasteiger partial charge < -0.3 is 10.2 Å². The largest absolute Gasteiger partial charge is 0.435 e. The molecule has 3 rings (SSSR count). The molecule has 12 heteroatoms. The third kappa shape index (κ3) is 4.97. The number of nitrogens with one attached hydrogen (secondary N) is 1. The minimum atomic E-state index is -4.74. The fourth-order valence-corrected chi connectivity index (χ4v) is 3.53. The Balaban J connectivity index is 1.93. The maximum atomic E-state index is 13.5. The van der Waals surface area contributed by atoms with Crippen LogP contribution in [0, 0.1) is 5.92 Å². The lowest BCUT2D eigenvalue weighted by atomic mass is 9.88. The number of aromatic nitrogens is 3. The summed E-state index contributed by atoms with van der Waals surface area (Å²) in [6.45, 7) is 2.10. The summed E-state index contributed by atoms with van der Waals surface area (Å²) in [6, 6.07) is 2.94. The van der Waals surface area contributed by atoms with Crippen LogP contribution in [0.4, 0.5) is 27.8 Å². The molecule has 2 aromatic rings. The van der Waals surface area contributed by atoms with Crippen molar-refractivity contribution in [3.63, 3.8) is 0 Å². The Morgan fingerprint density at radius 3 is 2.62 bits per heavy atom. The Bertz CT molecular complexity index is 895. The van der Waals surface area contributed by atoms with Gasteiger partial charge in [0, 0.05) is 25.9 Å². The first-order valence-corrected chi connectivity index (χ1v) is 9.33. The Kier molecular flexibility index (Phi) is 5.73. The summed E-state index contributed by atoms with van der Waals surface area (Å²) in [7, 11) is 0.765. The van der Waals surface area contributed by atoms with Crippen LogP contribution in [0.2, 0.25) is 0 Å². The number of rotatable bonds is 7. The fourth-order valence-electron chi connectivity index (χ4n) is 3.53. The molecule has 0 aromatic carbocycles. The zero-order chi connectivity index (χ0) is 21.4. The average molecular weight is 417 g/mol. The van der Waals surface area contributed by atoms with Gasteiger partial charge in [0.2, 0.25) is 11.7 Å². The topological polar surface area (TPSA) is 62.5 Å². The van der Waals surface area contributed by atoms with Crippen LogP contribution in [-0.2, 0) is 17.5 Å². The molecule has 0 radical (unpaired) electrons. The molecule has 0 aliphatic carbocycles. The van der Waals surface area contributed by atoms with Crippen molar-refractivity contribution >= 4 is 25.2 Å². The van der Waals surface area contributed by atoms with Crippen LogP contribution in [0.5, 0.6) is 0 Å². The summed E-state index contributed by atoms with van der Waals surface area (Å²) in [5.74, 6) is -3.63. The molecule has 3 heterocycles. The number of alkyl halides is 5. The highest BCUT2D eigenvalue weighted by Crippen LogP contribution is 2.34. The van der Waals surface area contributed by atoms with Gasteiger partial charge in [-0.2, -0.15) is 13.2 Å². The smallest absolute Gasteiger partial charge is 0.369 e. The van der Waals surface area contributed by atoms with Crippen LogP contribution in [0.1, 0.15) is 37.6 Å². The molecule has 1 fully saturated rings. The van der Waals surface area contributed by atoms with Gasteiger partial charge >= 0.3 is 6.18 Å². The molecule has 1 aliphatic heterocycles. The van der Waals surface area contributed by atoms with E-state index in [-0.39, 0.29) is 24.3 Å². The van der Waals surface area contributed by atoms with E-state index in [1.54, 1.807) is 0 Å². The van der Waals surface area contributed by atoms with Crippen molar-refractivity contribution in [2.24, 2.45) is 5.92 Å². The summed E-state index contributed by atoms with van der Waals surface area (Å²) >= 11 is 0. The Labute approximate surface area is 164 Å². The van der Waals surface area contributed by atoms with Gasteiger partial charge in [-0.25, -0.2) is 18.3 Å². The molecule has 1 N–H and O–H groups in total. The summed E-state index contributed by atoms with van der Waals surface area (Å²) in [5.41, 5.74) is -1.42. The zero-order valence-electron chi connectivity index (χ0n) is 16.1. The number of amides is 1. The molecular formula is C17H21BF5N5O. The van der Waals surface area contributed by atoms with Gasteiger partial charge in [-0.3, -0.25) is 4.79 Å². The maximum absolute atomic E-state index is 13.5. The summed E-state index contributed by atoms with van der Waals surface area (Å²) < 4.78 is 68.2. The standard InChI is InChI=1S/C17H21BF5N5O/c1-2-5-24-12-3-4-13-25-15(17(21,22)23)11(28(13)26-12)9-27-8-10(6-14(27)29)7-16(18,19)20/h3-4,10H,2,5-9,18H2,1H3,(H,24,26). The minimum Gasteiger partial charge on any atom is -0.369 e. The van der Waals surface area contributed by atoms with Crippen molar-refractivity contribution < 1.29 is 26.7 Å². The van der Waals surface area contributed by atoms with Gasteiger partial charge in [0.05, 0.1) is 12.2 Å². The Hall–Kier alpha value is -2.40.